The maximum absolute atomic E-state index is 13.0. The molecule has 0 bridgehead atoms. The molecular formula is C23H31N3O5S. The van der Waals surface area contributed by atoms with E-state index in [1.54, 1.807) is 55.6 Å². The second kappa shape index (κ2) is 11.4. The van der Waals surface area contributed by atoms with Gasteiger partial charge in [-0.05, 0) is 36.8 Å². The Labute approximate surface area is 190 Å². The molecule has 8 nitrogen and oxygen atoms in total. The van der Waals surface area contributed by atoms with Gasteiger partial charge in [0, 0.05) is 32.6 Å². The first-order valence-electron chi connectivity index (χ1n) is 10.7. The van der Waals surface area contributed by atoms with Crippen LogP contribution in [-0.2, 0) is 19.6 Å². The van der Waals surface area contributed by atoms with Crippen molar-refractivity contribution in [3.8, 4) is 5.75 Å². The van der Waals surface area contributed by atoms with Crippen LogP contribution in [-0.4, -0.2) is 65.7 Å². The van der Waals surface area contributed by atoms with Crippen LogP contribution in [0.25, 0.3) is 0 Å². The summed E-state index contributed by atoms with van der Waals surface area (Å²) in [6, 6.07) is 12.9. The third-order valence-electron chi connectivity index (χ3n) is 5.39. The summed E-state index contributed by atoms with van der Waals surface area (Å²) in [6.07, 6.45) is -0.0134. The fourth-order valence-corrected chi connectivity index (χ4v) is 4.70. The van der Waals surface area contributed by atoms with Crippen molar-refractivity contribution in [2.24, 2.45) is 0 Å². The topological polar surface area (TPSA) is 97.0 Å². The summed E-state index contributed by atoms with van der Waals surface area (Å²) < 4.78 is 39.2. The second-order valence-electron chi connectivity index (χ2n) is 7.77. The lowest BCUT2D eigenvalue weighted by molar-refractivity contribution is -0.121. The van der Waals surface area contributed by atoms with Crippen molar-refractivity contribution < 1.29 is 22.7 Å². The fourth-order valence-electron chi connectivity index (χ4n) is 3.47. The van der Waals surface area contributed by atoms with Crippen LogP contribution in [0.15, 0.2) is 53.4 Å². The summed E-state index contributed by atoms with van der Waals surface area (Å²) in [5, 5.41) is 2.90. The third-order valence-corrected chi connectivity index (χ3v) is 6.88. The van der Waals surface area contributed by atoms with E-state index in [-0.39, 0.29) is 17.2 Å². The Morgan fingerprint density at radius 1 is 1.09 bits per heavy atom. The molecule has 1 fully saturated rings. The molecule has 1 heterocycles. The summed E-state index contributed by atoms with van der Waals surface area (Å²) in [4.78, 5) is 15.0. The van der Waals surface area contributed by atoms with Crippen LogP contribution in [0.1, 0.15) is 23.6 Å². The van der Waals surface area contributed by atoms with Crippen molar-refractivity contribution in [1.29, 1.82) is 0 Å². The molecule has 2 N–H and O–H groups in total. The van der Waals surface area contributed by atoms with E-state index in [1.807, 2.05) is 6.92 Å². The molecular weight excluding hydrogens is 430 g/mol. The average Bonchev–Trinajstić information content (AvgIpc) is 2.79. The maximum Gasteiger partial charge on any atom is 0.241 e. The van der Waals surface area contributed by atoms with Crippen LogP contribution in [0.3, 0.4) is 0 Å². The van der Waals surface area contributed by atoms with Crippen LogP contribution in [0, 0.1) is 6.92 Å². The largest absolute Gasteiger partial charge is 0.497 e. The Morgan fingerprint density at radius 3 is 2.38 bits per heavy atom. The van der Waals surface area contributed by atoms with Gasteiger partial charge in [0.1, 0.15) is 5.75 Å². The van der Waals surface area contributed by atoms with Gasteiger partial charge in [-0.25, -0.2) is 13.1 Å². The number of aryl methyl sites for hydroxylation is 1. The van der Waals surface area contributed by atoms with Crippen molar-refractivity contribution >= 4 is 15.9 Å². The lowest BCUT2D eigenvalue weighted by Gasteiger charge is -2.26. The molecule has 1 atom stereocenters. The van der Waals surface area contributed by atoms with Crippen LogP contribution in [0.5, 0.6) is 5.75 Å². The highest BCUT2D eigenvalue weighted by Crippen LogP contribution is 2.23. The van der Waals surface area contributed by atoms with E-state index >= 15 is 0 Å². The van der Waals surface area contributed by atoms with Gasteiger partial charge in [0.25, 0.3) is 0 Å². The fraction of sp³-hybridized carbons (Fsp3) is 0.435. The maximum atomic E-state index is 13.0. The number of hydrogen-bond acceptors (Lipinski definition) is 6. The molecule has 2 aromatic carbocycles. The van der Waals surface area contributed by atoms with Crippen molar-refractivity contribution in [3.63, 3.8) is 0 Å². The van der Waals surface area contributed by atoms with Crippen molar-refractivity contribution in [2.45, 2.75) is 24.3 Å². The number of carbonyl (C=O) groups is 1. The molecule has 1 saturated heterocycles. The molecule has 0 radical (unpaired) electrons. The predicted octanol–water partition coefficient (Wildman–Crippen LogP) is 1.86. The Bertz CT molecular complexity index is 972. The molecule has 0 saturated carbocycles. The van der Waals surface area contributed by atoms with Gasteiger partial charge in [-0.2, -0.15) is 0 Å². The molecule has 3 rings (SSSR count). The van der Waals surface area contributed by atoms with Crippen LogP contribution >= 0.6 is 0 Å². The first-order valence-corrected chi connectivity index (χ1v) is 12.2. The zero-order valence-electron chi connectivity index (χ0n) is 18.5. The van der Waals surface area contributed by atoms with E-state index in [4.69, 9.17) is 9.47 Å². The molecule has 0 spiro atoms. The van der Waals surface area contributed by atoms with Crippen molar-refractivity contribution in [2.75, 3.05) is 46.5 Å². The average molecular weight is 462 g/mol. The minimum Gasteiger partial charge on any atom is -0.497 e. The number of amides is 1. The highest BCUT2D eigenvalue weighted by atomic mass is 32.2. The number of nitrogens with zero attached hydrogens (tertiary/aromatic N) is 1. The molecule has 1 aliphatic heterocycles. The number of ether oxygens (including phenoxy) is 2. The third kappa shape index (κ3) is 7.03. The molecule has 1 aliphatic rings. The van der Waals surface area contributed by atoms with Gasteiger partial charge in [0.05, 0.1) is 31.3 Å². The van der Waals surface area contributed by atoms with Gasteiger partial charge in [-0.1, -0.05) is 29.8 Å². The number of methoxy groups -OCH3 is 1. The van der Waals surface area contributed by atoms with Gasteiger partial charge in [-0.3, -0.25) is 9.69 Å². The number of morpholine rings is 1. The molecule has 2 aromatic rings. The summed E-state index contributed by atoms with van der Waals surface area (Å²) in [5.41, 5.74) is 1.65. The highest BCUT2D eigenvalue weighted by molar-refractivity contribution is 7.89. The smallest absolute Gasteiger partial charge is 0.241 e. The lowest BCUT2D eigenvalue weighted by atomic mass is 10.0. The molecule has 0 aromatic heterocycles. The van der Waals surface area contributed by atoms with E-state index in [0.717, 1.165) is 25.2 Å². The van der Waals surface area contributed by atoms with Crippen LogP contribution < -0.4 is 14.8 Å². The minimum absolute atomic E-state index is 0.0134. The number of benzene rings is 2. The molecule has 9 heteroatoms. The first-order chi connectivity index (χ1) is 15.4. The predicted molar refractivity (Wildman–Crippen MR) is 122 cm³/mol. The Balaban J connectivity index is 1.68. The SMILES string of the molecule is COc1ccc([C@H](CC(=O)NCCN2CCOCC2)NS(=O)(=O)c2ccc(C)cc2)cc1. The minimum atomic E-state index is -3.81. The van der Waals surface area contributed by atoms with Gasteiger partial charge < -0.3 is 14.8 Å². The lowest BCUT2D eigenvalue weighted by Crippen LogP contribution is -2.42. The van der Waals surface area contributed by atoms with E-state index in [9.17, 15) is 13.2 Å². The number of rotatable bonds is 10. The molecule has 32 heavy (non-hydrogen) atoms. The summed E-state index contributed by atoms with van der Waals surface area (Å²) in [6.45, 7) is 6.23. The Morgan fingerprint density at radius 2 is 1.75 bits per heavy atom. The number of nitrogens with one attached hydrogen (secondary N) is 2. The monoisotopic (exact) mass is 461 g/mol. The van der Waals surface area contributed by atoms with Crippen molar-refractivity contribution in [3.05, 3.63) is 59.7 Å². The summed E-state index contributed by atoms with van der Waals surface area (Å²) >= 11 is 0. The standard InChI is InChI=1S/C23H31N3O5S/c1-18-3-9-21(10-4-18)32(28,29)25-22(19-5-7-20(30-2)8-6-19)17-23(27)24-11-12-26-13-15-31-16-14-26/h3-10,22,25H,11-17H2,1-2H3,(H,24,27)/t22-/m0/s1. The van der Waals surface area contributed by atoms with E-state index in [0.29, 0.717) is 31.1 Å². The van der Waals surface area contributed by atoms with Crippen LogP contribution in [0.4, 0.5) is 0 Å². The molecule has 0 aliphatic carbocycles. The number of sulfonamides is 1. The number of hydrogen-bond donors (Lipinski definition) is 2. The molecule has 1 amide bonds. The van der Waals surface area contributed by atoms with E-state index < -0.39 is 16.1 Å². The zero-order chi connectivity index (χ0) is 23.0. The van der Waals surface area contributed by atoms with Gasteiger partial charge in [0.15, 0.2) is 0 Å². The van der Waals surface area contributed by atoms with Gasteiger partial charge >= 0.3 is 0 Å². The second-order valence-corrected chi connectivity index (χ2v) is 9.48. The van der Waals surface area contributed by atoms with Crippen molar-refractivity contribution in [1.82, 2.24) is 14.9 Å². The van der Waals surface area contributed by atoms with E-state index in [2.05, 4.69) is 14.9 Å². The zero-order valence-corrected chi connectivity index (χ0v) is 19.4. The Kier molecular flexibility index (Phi) is 8.63. The Hall–Kier alpha value is -2.46. The highest BCUT2D eigenvalue weighted by Gasteiger charge is 2.24. The summed E-state index contributed by atoms with van der Waals surface area (Å²) in [7, 11) is -2.24. The van der Waals surface area contributed by atoms with Gasteiger partial charge in [-0.15, -0.1) is 0 Å². The molecule has 0 unspecified atom stereocenters. The van der Waals surface area contributed by atoms with Crippen LogP contribution in [0.2, 0.25) is 0 Å². The summed E-state index contributed by atoms with van der Waals surface area (Å²) in [5.74, 6) is 0.439. The quantitative estimate of drug-likeness (QED) is 0.561. The molecule has 174 valence electrons. The van der Waals surface area contributed by atoms with E-state index in [1.165, 1.54) is 0 Å². The first kappa shape index (κ1) is 24.2. The van der Waals surface area contributed by atoms with Gasteiger partial charge in [0.2, 0.25) is 15.9 Å². The normalized spacial score (nSPS) is 15.8. The number of carbonyl (C=O) groups excluding carboxylic acids is 1.